The maximum Gasteiger partial charge on any atom is 0.119 e. The highest BCUT2D eigenvalue weighted by molar-refractivity contribution is 5.53. The lowest BCUT2D eigenvalue weighted by Crippen LogP contribution is -1.95. The van der Waals surface area contributed by atoms with E-state index < -0.39 is 0 Å². The molecule has 0 amide bonds. The number of para-hydroxylation sites is 1. The van der Waals surface area contributed by atoms with Crippen molar-refractivity contribution in [2.24, 2.45) is 0 Å². The zero-order valence-corrected chi connectivity index (χ0v) is 8.72. The van der Waals surface area contributed by atoms with Crippen molar-refractivity contribution in [3.8, 4) is 11.5 Å². The van der Waals surface area contributed by atoms with E-state index in [4.69, 9.17) is 5.73 Å². The van der Waals surface area contributed by atoms with E-state index in [1.165, 1.54) is 0 Å². The van der Waals surface area contributed by atoms with Crippen LogP contribution in [0.2, 0.25) is 0 Å². The first kappa shape index (κ1) is 10.4. The highest BCUT2D eigenvalue weighted by atomic mass is 16.3. The van der Waals surface area contributed by atoms with Crippen LogP contribution >= 0.6 is 0 Å². The maximum atomic E-state index is 9.63. The summed E-state index contributed by atoms with van der Waals surface area (Å²) in [5.74, 6) is 0.421. The van der Waals surface area contributed by atoms with Gasteiger partial charge in [0.2, 0.25) is 0 Å². The van der Waals surface area contributed by atoms with Gasteiger partial charge in [-0.1, -0.05) is 18.2 Å². The van der Waals surface area contributed by atoms with Crippen LogP contribution in [-0.4, -0.2) is 10.2 Å². The Labute approximate surface area is 93.8 Å². The summed E-state index contributed by atoms with van der Waals surface area (Å²) in [4.78, 5) is 0. The van der Waals surface area contributed by atoms with Gasteiger partial charge < -0.3 is 15.9 Å². The molecule has 0 aliphatic heterocycles. The standard InChI is InChI=1S/C13H13NO2/c14-12-6-5-11(15)8-10(12)7-9-3-1-2-4-13(9)16/h1-6,8,15-16H,7,14H2. The van der Waals surface area contributed by atoms with Crippen molar-refractivity contribution in [1.29, 1.82) is 0 Å². The minimum absolute atomic E-state index is 0.180. The lowest BCUT2D eigenvalue weighted by molar-refractivity contribution is 0.468. The molecule has 0 aromatic heterocycles. The van der Waals surface area contributed by atoms with Crippen molar-refractivity contribution in [2.45, 2.75) is 6.42 Å². The third-order valence-corrected chi connectivity index (χ3v) is 2.50. The number of rotatable bonds is 2. The van der Waals surface area contributed by atoms with Gasteiger partial charge in [0.25, 0.3) is 0 Å². The molecular weight excluding hydrogens is 202 g/mol. The van der Waals surface area contributed by atoms with Gasteiger partial charge >= 0.3 is 0 Å². The van der Waals surface area contributed by atoms with Gasteiger partial charge in [0, 0.05) is 12.1 Å². The van der Waals surface area contributed by atoms with Crippen LogP contribution in [0.3, 0.4) is 0 Å². The minimum atomic E-state index is 0.180. The smallest absolute Gasteiger partial charge is 0.119 e. The maximum absolute atomic E-state index is 9.63. The summed E-state index contributed by atoms with van der Waals surface area (Å²) in [7, 11) is 0. The molecule has 0 saturated heterocycles. The van der Waals surface area contributed by atoms with Gasteiger partial charge in [-0.15, -0.1) is 0 Å². The third kappa shape index (κ3) is 2.08. The quantitative estimate of drug-likeness (QED) is 0.531. The van der Waals surface area contributed by atoms with Crippen LogP contribution in [0.5, 0.6) is 11.5 Å². The van der Waals surface area contributed by atoms with E-state index in [9.17, 15) is 10.2 Å². The second kappa shape index (κ2) is 4.14. The van der Waals surface area contributed by atoms with Crippen LogP contribution in [-0.2, 0) is 6.42 Å². The number of aromatic hydroxyl groups is 2. The average molecular weight is 215 g/mol. The van der Waals surface area contributed by atoms with E-state index >= 15 is 0 Å². The topological polar surface area (TPSA) is 66.5 Å². The summed E-state index contributed by atoms with van der Waals surface area (Å²) >= 11 is 0. The van der Waals surface area contributed by atoms with Crippen LogP contribution in [0, 0.1) is 0 Å². The van der Waals surface area contributed by atoms with Gasteiger partial charge in [0.05, 0.1) is 0 Å². The Kier molecular flexibility index (Phi) is 2.68. The zero-order chi connectivity index (χ0) is 11.5. The summed E-state index contributed by atoms with van der Waals surface area (Å²) in [5, 5.41) is 19.0. The molecule has 0 heterocycles. The molecular formula is C13H13NO2. The molecule has 2 aromatic rings. The molecule has 0 aliphatic rings. The molecule has 3 heteroatoms. The molecule has 0 radical (unpaired) electrons. The van der Waals surface area contributed by atoms with E-state index in [1.807, 2.05) is 12.1 Å². The van der Waals surface area contributed by atoms with Crippen LogP contribution < -0.4 is 5.73 Å². The fraction of sp³-hybridized carbons (Fsp3) is 0.0769. The monoisotopic (exact) mass is 215 g/mol. The first-order chi connectivity index (χ1) is 7.66. The van der Waals surface area contributed by atoms with E-state index in [2.05, 4.69) is 0 Å². The normalized spacial score (nSPS) is 10.2. The first-order valence-electron chi connectivity index (χ1n) is 5.01. The molecule has 0 saturated carbocycles. The third-order valence-electron chi connectivity index (χ3n) is 2.50. The van der Waals surface area contributed by atoms with Crippen LogP contribution in [0.4, 0.5) is 5.69 Å². The Morgan fingerprint density at radius 2 is 1.69 bits per heavy atom. The van der Waals surface area contributed by atoms with Crippen molar-refractivity contribution >= 4 is 5.69 Å². The Morgan fingerprint density at radius 3 is 2.44 bits per heavy atom. The van der Waals surface area contributed by atoms with E-state index in [0.717, 1.165) is 11.1 Å². The highest BCUT2D eigenvalue weighted by Gasteiger charge is 2.05. The SMILES string of the molecule is Nc1ccc(O)cc1Cc1ccccc1O. The number of anilines is 1. The van der Waals surface area contributed by atoms with Gasteiger partial charge in [-0.05, 0) is 35.4 Å². The molecule has 0 bridgehead atoms. The molecule has 0 spiro atoms. The van der Waals surface area contributed by atoms with Crippen molar-refractivity contribution in [3.05, 3.63) is 53.6 Å². The van der Waals surface area contributed by atoms with Crippen LogP contribution in [0.25, 0.3) is 0 Å². The van der Waals surface area contributed by atoms with Gasteiger partial charge in [0.1, 0.15) is 11.5 Å². The van der Waals surface area contributed by atoms with E-state index in [-0.39, 0.29) is 11.5 Å². The summed E-state index contributed by atoms with van der Waals surface area (Å²) in [6, 6.07) is 11.9. The number of phenols is 2. The second-order valence-corrected chi connectivity index (χ2v) is 3.69. The Hall–Kier alpha value is -2.16. The fourth-order valence-corrected chi connectivity index (χ4v) is 1.61. The molecule has 0 fully saturated rings. The van der Waals surface area contributed by atoms with Crippen molar-refractivity contribution in [2.75, 3.05) is 5.73 Å². The predicted octanol–water partition coefficient (Wildman–Crippen LogP) is 2.27. The van der Waals surface area contributed by atoms with Crippen molar-refractivity contribution in [3.63, 3.8) is 0 Å². The van der Waals surface area contributed by atoms with Crippen LogP contribution in [0.15, 0.2) is 42.5 Å². The molecule has 16 heavy (non-hydrogen) atoms. The second-order valence-electron chi connectivity index (χ2n) is 3.69. The average Bonchev–Trinajstić information content (AvgIpc) is 2.27. The van der Waals surface area contributed by atoms with E-state index in [0.29, 0.717) is 12.1 Å². The van der Waals surface area contributed by atoms with E-state index in [1.54, 1.807) is 30.3 Å². The predicted molar refractivity (Wildman–Crippen MR) is 63.4 cm³/mol. The lowest BCUT2D eigenvalue weighted by atomic mass is 10.0. The summed E-state index contributed by atoms with van der Waals surface area (Å²) in [6.45, 7) is 0. The number of nitrogen functional groups attached to an aromatic ring is 1. The Morgan fingerprint density at radius 1 is 0.938 bits per heavy atom. The Balaban J connectivity index is 2.34. The summed E-state index contributed by atoms with van der Waals surface area (Å²) < 4.78 is 0. The Bertz CT molecular complexity index is 509. The molecule has 2 aromatic carbocycles. The number of hydrogen-bond acceptors (Lipinski definition) is 3. The molecule has 4 N–H and O–H groups in total. The van der Waals surface area contributed by atoms with Gasteiger partial charge in [-0.25, -0.2) is 0 Å². The number of hydrogen-bond donors (Lipinski definition) is 3. The lowest BCUT2D eigenvalue weighted by Gasteiger charge is -2.07. The minimum Gasteiger partial charge on any atom is -0.508 e. The fourth-order valence-electron chi connectivity index (χ4n) is 1.61. The van der Waals surface area contributed by atoms with Gasteiger partial charge in [-0.3, -0.25) is 0 Å². The highest BCUT2D eigenvalue weighted by Crippen LogP contribution is 2.25. The largest absolute Gasteiger partial charge is 0.508 e. The molecule has 2 rings (SSSR count). The van der Waals surface area contributed by atoms with Crippen LogP contribution in [0.1, 0.15) is 11.1 Å². The molecule has 82 valence electrons. The molecule has 0 atom stereocenters. The molecule has 0 unspecified atom stereocenters. The number of nitrogens with two attached hydrogens (primary N) is 1. The zero-order valence-electron chi connectivity index (χ0n) is 8.72. The van der Waals surface area contributed by atoms with Crippen molar-refractivity contribution in [1.82, 2.24) is 0 Å². The summed E-state index contributed by atoms with van der Waals surface area (Å²) in [6.07, 6.45) is 0.507. The number of phenolic OH excluding ortho intramolecular Hbond substituents is 2. The van der Waals surface area contributed by atoms with Gasteiger partial charge in [-0.2, -0.15) is 0 Å². The first-order valence-corrected chi connectivity index (χ1v) is 5.01. The number of benzene rings is 2. The molecule has 3 nitrogen and oxygen atoms in total. The van der Waals surface area contributed by atoms with Gasteiger partial charge in [0.15, 0.2) is 0 Å². The molecule has 0 aliphatic carbocycles. The van der Waals surface area contributed by atoms with Crippen molar-refractivity contribution < 1.29 is 10.2 Å². The summed E-state index contributed by atoms with van der Waals surface area (Å²) in [5.41, 5.74) is 8.01.